The molecular weight excluding hydrogens is 439 g/mol. The summed E-state index contributed by atoms with van der Waals surface area (Å²) in [5, 5.41) is 3.15. The lowest BCUT2D eigenvalue weighted by Gasteiger charge is -2.29. The highest BCUT2D eigenvalue weighted by Gasteiger charge is 2.42. The van der Waals surface area contributed by atoms with Crippen LogP contribution in [0.1, 0.15) is 42.5 Å². The molecule has 2 amide bonds. The smallest absolute Gasteiger partial charge is 0.343 e. The fourth-order valence-corrected chi connectivity index (χ4v) is 4.21. The number of hydrogen-bond acceptors (Lipinski definition) is 5. The number of para-hydroxylation sites is 1. The first-order valence-corrected chi connectivity index (χ1v) is 10.8. The minimum absolute atomic E-state index is 0.0589. The molecule has 0 saturated heterocycles. The lowest BCUT2D eigenvalue weighted by molar-refractivity contribution is -0.140. The molecule has 2 aliphatic rings. The second-order valence-corrected chi connectivity index (χ2v) is 8.27. The van der Waals surface area contributed by atoms with Crippen molar-refractivity contribution in [2.75, 3.05) is 5.32 Å². The lowest BCUT2D eigenvalue weighted by Crippen LogP contribution is -2.42. The van der Waals surface area contributed by atoms with Gasteiger partial charge in [-0.05, 0) is 49.2 Å². The number of rotatable bonds is 5. The number of benzene rings is 2. The fourth-order valence-electron chi connectivity index (χ4n) is 3.82. The highest BCUT2D eigenvalue weighted by atomic mass is 35.5. The van der Waals surface area contributed by atoms with Crippen molar-refractivity contribution < 1.29 is 19.1 Å². The van der Waals surface area contributed by atoms with Crippen LogP contribution in [0.2, 0.25) is 5.02 Å². The number of carbonyl (C=O) groups excluding carboxylic acids is 3. The Labute approximate surface area is 189 Å². The van der Waals surface area contributed by atoms with Crippen molar-refractivity contribution in [2.24, 2.45) is 0 Å². The maximum absolute atomic E-state index is 12.9. The largest absolute Gasteiger partial charge is 0.421 e. The van der Waals surface area contributed by atoms with Gasteiger partial charge in [-0.15, -0.1) is 0 Å². The Balaban J connectivity index is 1.45. The molecule has 0 aromatic heterocycles. The third-order valence-corrected chi connectivity index (χ3v) is 6.09. The van der Waals surface area contributed by atoms with Crippen LogP contribution in [0.15, 0.2) is 59.3 Å². The number of anilines is 1. The number of imide groups is 1. The molecule has 1 heterocycles. The average Bonchev–Trinajstić information content (AvgIpc) is 2.99. The van der Waals surface area contributed by atoms with Crippen LogP contribution < -0.4 is 10.1 Å². The number of amides is 2. The molecule has 31 heavy (non-hydrogen) atoms. The van der Waals surface area contributed by atoms with Crippen molar-refractivity contribution in [1.82, 2.24) is 4.90 Å². The van der Waals surface area contributed by atoms with Crippen LogP contribution in [0.3, 0.4) is 0 Å². The molecule has 1 aliphatic heterocycles. The first-order chi connectivity index (χ1) is 15.0. The predicted octanol–water partition coefficient (Wildman–Crippen LogP) is 5.12. The van der Waals surface area contributed by atoms with Gasteiger partial charge in [-0.3, -0.25) is 14.5 Å². The van der Waals surface area contributed by atoms with E-state index in [1.54, 1.807) is 48.5 Å². The molecule has 1 N–H and O–H groups in total. The third kappa shape index (κ3) is 4.45. The molecule has 8 heteroatoms. The topological polar surface area (TPSA) is 75.7 Å². The van der Waals surface area contributed by atoms with Crippen molar-refractivity contribution in [3.8, 4) is 5.75 Å². The quantitative estimate of drug-likeness (QED) is 0.382. The summed E-state index contributed by atoms with van der Waals surface area (Å²) in [5.74, 6) is -1.16. The number of ether oxygens (including phenoxy) is 1. The highest BCUT2D eigenvalue weighted by molar-refractivity contribution is 6.48. The van der Waals surface area contributed by atoms with Gasteiger partial charge in [0.15, 0.2) is 0 Å². The van der Waals surface area contributed by atoms with E-state index in [0.29, 0.717) is 16.3 Å². The summed E-state index contributed by atoms with van der Waals surface area (Å²) in [7, 11) is 0. The van der Waals surface area contributed by atoms with Gasteiger partial charge in [-0.2, -0.15) is 0 Å². The van der Waals surface area contributed by atoms with Crippen LogP contribution in [0, 0.1) is 0 Å². The molecule has 1 fully saturated rings. The molecule has 2 aromatic carbocycles. The van der Waals surface area contributed by atoms with Gasteiger partial charge in [0.2, 0.25) is 0 Å². The Morgan fingerprint density at radius 3 is 2.29 bits per heavy atom. The van der Waals surface area contributed by atoms with Gasteiger partial charge in [0.1, 0.15) is 16.5 Å². The van der Waals surface area contributed by atoms with E-state index in [1.807, 2.05) is 0 Å². The second kappa shape index (κ2) is 9.12. The molecule has 0 atom stereocenters. The SMILES string of the molecule is O=C(Oc1ccccc1Cl)c1ccc(NC2=C(Cl)C(=O)N(C3CCCCC3)C2=O)cc1. The van der Waals surface area contributed by atoms with Crippen LogP contribution >= 0.6 is 23.2 Å². The molecule has 2 aromatic rings. The molecule has 0 bridgehead atoms. The summed E-state index contributed by atoms with van der Waals surface area (Å²) in [6.45, 7) is 0. The summed E-state index contributed by atoms with van der Waals surface area (Å²) >= 11 is 12.2. The number of esters is 1. The highest BCUT2D eigenvalue weighted by Crippen LogP contribution is 2.32. The standard InChI is InChI=1S/C23H20Cl2N2O4/c24-17-8-4-5-9-18(17)31-23(30)14-10-12-15(13-11-14)26-20-19(25)21(28)27(22(20)29)16-6-2-1-3-7-16/h4-5,8-13,16,26H,1-3,6-7H2. The van der Waals surface area contributed by atoms with E-state index in [4.69, 9.17) is 27.9 Å². The van der Waals surface area contributed by atoms with Crippen LogP contribution in [0.4, 0.5) is 5.69 Å². The normalized spacial score (nSPS) is 17.3. The van der Waals surface area contributed by atoms with Crippen molar-refractivity contribution in [1.29, 1.82) is 0 Å². The van der Waals surface area contributed by atoms with Crippen molar-refractivity contribution in [3.05, 3.63) is 69.8 Å². The van der Waals surface area contributed by atoms with E-state index < -0.39 is 17.8 Å². The number of carbonyl (C=O) groups is 3. The van der Waals surface area contributed by atoms with Crippen LogP contribution in [-0.2, 0) is 9.59 Å². The van der Waals surface area contributed by atoms with Crippen LogP contribution in [0.5, 0.6) is 5.75 Å². The van der Waals surface area contributed by atoms with E-state index in [9.17, 15) is 14.4 Å². The predicted molar refractivity (Wildman–Crippen MR) is 118 cm³/mol. The maximum atomic E-state index is 12.9. The van der Waals surface area contributed by atoms with Gasteiger partial charge < -0.3 is 10.1 Å². The maximum Gasteiger partial charge on any atom is 0.343 e. The zero-order valence-electron chi connectivity index (χ0n) is 16.6. The molecule has 6 nitrogen and oxygen atoms in total. The summed E-state index contributed by atoms with van der Waals surface area (Å²) in [6, 6.07) is 12.9. The summed E-state index contributed by atoms with van der Waals surface area (Å²) in [6.07, 6.45) is 4.71. The van der Waals surface area contributed by atoms with E-state index in [2.05, 4.69) is 5.32 Å². The first kappa shape index (κ1) is 21.4. The Hall–Kier alpha value is -2.83. The number of nitrogens with zero attached hydrogens (tertiary/aromatic N) is 1. The first-order valence-electron chi connectivity index (χ1n) is 10.1. The molecular formula is C23H20Cl2N2O4. The Morgan fingerprint density at radius 1 is 0.935 bits per heavy atom. The van der Waals surface area contributed by atoms with E-state index in [-0.39, 0.29) is 22.5 Å². The molecule has 4 rings (SSSR count). The molecule has 160 valence electrons. The lowest BCUT2D eigenvalue weighted by atomic mass is 9.94. The van der Waals surface area contributed by atoms with Crippen molar-refractivity contribution in [3.63, 3.8) is 0 Å². The number of hydrogen-bond donors (Lipinski definition) is 1. The molecule has 0 radical (unpaired) electrons. The summed E-state index contributed by atoms with van der Waals surface area (Å²) in [5.41, 5.74) is 0.890. The molecule has 0 unspecified atom stereocenters. The minimum Gasteiger partial charge on any atom is -0.421 e. The van der Waals surface area contributed by atoms with Crippen LogP contribution in [-0.4, -0.2) is 28.7 Å². The van der Waals surface area contributed by atoms with Gasteiger partial charge in [-0.25, -0.2) is 4.79 Å². The van der Waals surface area contributed by atoms with Crippen LogP contribution in [0.25, 0.3) is 0 Å². The Bertz CT molecular complexity index is 1060. The van der Waals surface area contributed by atoms with Gasteiger partial charge in [0.25, 0.3) is 11.8 Å². The van der Waals surface area contributed by atoms with Gasteiger partial charge >= 0.3 is 5.97 Å². The minimum atomic E-state index is -0.563. The fraction of sp³-hybridized carbons (Fsp3) is 0.261. The van der Waals surface area contributed by atoms with E-state index >= 15 is 0 Å². The zero-order chi connectivity index (χ0) is 22.0. The molecule has 1 saturated carbocycles. The summed E-state index contributed by atoms with van der Waals surface area (Å²) in [4.78, 5) is 39.0. The van der Waals surface area contributed by atoms with Gasteiger partial charge in [-0.1, -0.05) is 54.6 Å². The number of halogens is 2. The van der Waals surface area contributed by atoms with Crippen molar-refractivity contribution >= 4 is 46.7 Å². The second-order valence-electron chi connectivity index (χ2n) is 7.48. The Kier molecular flexibility index (Phi) is 6.30. The summed E-state index contributed by atoms with van der Waals surface area (Å²) < 4.78 is 5.31. The number of nitrogens with one attached hydrogen (secondary N) is 1. The van der Waals surface area contributed by atoms with Gasteiger partial charge in [0.05, 0.1) is 10.6 Å². The third-order valence-electron chi connectivity index (χ3n) is 5.43. The van der Waals surface area contributed by atoms with Gasteiger partial charge in [0, 0.05) is 11.7 Å². The monoisotopic (exact) mass is 458 g/mol. The van der Waals surface area contributed by atoms with Crippen molar-refractivity contribution in [2.45, 2.75) is 38.1 Å². The molecule has 1 aliphatic carbocycles. The average molecular weight is 459 g/mol. The van der Waals surface area contributed by atoms with E-state index in [1.165, 1.54) is 4.90 Å². The molecule has 0 spiro atoms. The zero-order valence-corrected chi connectivity index (χ0v) is 18.1. The van der Waals surface area contributed by atoms with E-state index in [0.717, 1.165) is 32.1 Å². The Morgan fingerprint density at radius 2 is 1.61 bits per heavy atom.